The highest BCUT2D eigenvalue weighted by molar-refractivity contribution is 5.39. The Morgan fingerprint density at radius 3 is 2.38 bits per heavy atom. The van der Waals surface area contributed by atoms with Crippen LogP contribution in [0.4, 0.5) is 13.2 Å². The van der Waals surface area contributed by atoms with Crippen molar-refractivity contribution in [3.8, 4) is 6.07 Å². The van der Waals surface area contributed by atoms with Gasteiger partial charge < -0.3 is 10.8 Å². The van der Waals surface area contributed by atoms with Gasteiger partial charge >= 0.3 is 6.18 Å². The van der Waals surface area contributed by atoms with E-state index in [2.05, 4.69) is 0 Å². The number of nitrogens with zero attached hydrogens (tertiary/aromatic N) is 1. The number of nitriles is 1. The van der Waals surface area contributed by atoms with Crippen molar-refractivity contribution in [2.45, 2.75) is 18.3 Å². The Bertz CT molecular complexity index is 411. The van der Waals surface area contributed by atoms with Crippen molar-refractivity contribution < 1.29 is 18.3 Å². The van der Waals surface area contributed by atoms with Gasteiger partial charge in [-0.1, -0.05) is 18.2 Å². The summed E-state index contributed by atoms with van der Waals surface area (Å²) < 4.78 is 36.6. The second-order valence-electron chi connectivity index (χ2n) is 3.21. The van der Waals surface area contributed by atoms with Crippen LogP contribution in [-0.4, -0.2) is 17.4 Å². The van der Waals surface area contributed by atoms with Crippen molar-refractivity contribution in [3.63, 3.8) is 0 Å². The number of aliphatic hydroxyl groups excluding tert-OH is 1. The molecule has 0 unspecified atom stereocenters. The highest BCUT2D eigenvalue weighted by Crippen LogP contribution is 2.29. The zero-order chi connectivity index (χ0) is 12.3. The van der Waals surface area contributed by atoms with E-state index < -0.39 is 18.3 Å². The molecule has 0 aliphatic rings. The van der Waals surface area contributed by atoms with E-state index in [0.717, 1.165) is 0 Å². The first-order valence-corrected chi connectivity index (χ1v) is 4.37. The summed E-state index contributed by atoms with van der Waals surface area (Å²) in [7, 11) is 0. The molecule has 0 radical (unpaired) electrons. The lowest BCUT2D eigenvalue weighted by molar-refractivity contribution is -0.210. The number of rotatable bonds is 2. The largest absolute Gasteiger partial charge is 0.416 e. The number of halogens is 3. The van der Waals surface area contributed by atoms with Gasteiger partial charge in [0.05, 0.1) is 17.7 Å². The molecule has 1 aromatic rings. The third-order valence-corrected chi connectivity index (χ3v) is 2.12. The van der Waals surface area contributed by atoms with Gasteiger partial charge in [-0.2, -0.15) is 18.4 Å². The van der Waals surface area contributed by atoms with Crippen molar-refractivity contribution in [2.24, 2.45) is 5.73 Å². The van der Waals surface area contributed by atoms with Crippen LogP contribution in [0.2, 0.25) is 0 Å². The van der Waals surface area contributed by atoms with Gasteiger partial charge in [0, 0.05) is 0 Å². The topological polar surface area (TPSA) is 70.0 Å². The molecule has 0 amide bonds. The SMILES string of the molecule is N#Cc1ccccc1[C@H](N)[C@H](O)C(F)(F)F. The van der Waals surface area contributed by atoms with Crippen LogP contribution in [0.3, 0.4) is 0 Å². The lowest BCUT2D eigenvalue weighted by Gasteiger charge is -2.22. The Morgan fingerprint density at radius 1 is 1.31 bits per heavy atom. The van der Waals surface area contributed by atoms with Gasteiger partial charge in [-0.25, -0.2) is 0 Å². The van der Waals surface area contributed by atoms with Crippen molar-refractivity contribution in [2.75, 3.05) is 0 Å². The van der Waals surface area contributed by atoms with E-state index in [9.17, 15) is 13.2 Å². The van der Waals surface area contributed by atoms with Gasteiger partial charge in [-0.3, -0.25) is 0 Å². The van der Waals surface area contributed by atoms with Crippen LogP contribution in [0.15, 0.2) is 24.3 Å². The molecular weight excluding hydrogens is 221 g/mol. The average Bonchev–Trinajstić information content (AvgIpc) is 2.25. The Labute approximate surface area is 89.9 Å². The van der Waals surface area contributed by atoms with Crippen molar-refractivity contribution in [1.82, 2.24) is 0 Å². The number of benzene rings is 1. The summed E-state index contributed by atoms with van der Waals surface area (Å²) in [5.41, 5.74) is 5.29. The van der Waals surface area contributed by atoms with Gasteiger partial charge in [0.15, 0.2) is 6.10 Å². The van der Waals surface area contributed by atoms with Crippen LogP contribution >= 0.6 is 0 Å². The zero-order valence-corrected chi connectivity index (χ0v) is 8.07. The third-order valence-electron chi connectivity index (χ3n) is 2.12. The van der Waals surface area contributed by atoms with Crippen molar-refractivity contribution in [3.05, 3.63) is 35.4 Å². The molecule has 3 nitrogen and oxygen atoms in total. The highest BCUT2D eigenvalue weighted by atomic mass is 19.4. The van der Waals surface area contributed by atoms with Crippen LogP contribution in [0.25, 0.3) is 0 Å². The summed E-state index contributed by atoms with van der Waals surface area (Å²) in [5.74, 6) is 0. The summed E-state index contributed by atoms with van der Waals surface area (Å²) >= 11 is 0. The lowest BCUT2D eigenvalue weighted by atomic mass is 9.97. The average molecular weight is 230 g/mol. The van der Waals surface area contributed by atoms with Crippen LogP contribution in [-0.2, 0) is 0 Å². The van der Waals surface area contributed by atoms with Crippen molar-refractivity contribution >= 4 is 0 Å². The minimum absolute atomic E-state index is 0.0187. The summed E-state index contributed by atoms with van der Waals surface area (Å²) in [6.07, 6.45) is -7.48. The summed E-state index contributed by atoms with van der Waals surface area (Å²) in [5, 5.41) is 17.7. The van der Waals surface area contributed by atoms with Gasteiger partial charge in [0.2, 0.25) is 0 Å². The maximum atomic E-state index is 12.2. The fourth-order valence-corrected chi connectivity index (χ4v) is 1.26. The Balaban J connectivity index is 3.06. The van der Waals surface area contributed by atoms with E-state index in [1.807, 2.05) is 0 Å². The molecular formula is C10H9F3N2O. The maximum absolute atomic E-state index is 12.2. The first kappa shape index (κ1) is 12.5. The van der Waals surface area contributed by atoms with E-state index in [4.69, 9.17) is 16.1 Å². The second kappa shape index (κ2) is 4.51. The molecule has 0 spiro atoms. The van der Waals surface area contributed by atoms with Crippen molar-refractivity contribution in [1.29, 1.82) is 5.26 Å². The number of hydrogen-bond donors (Lipinski definition) is 2. The normalized spacial score (nSPS) is 15.2. The van der Waals surface area contributed by atoms with Crippen LogP contribution in [0.5, 0.6) is 0 Å². The van der Waals surface area contributed by atoms with E-state index in [-0.39, 0.29) is 11.1 Å². The van der Waals surface area contributed by atoms with E-state index in [0.29, 0.717) is 0 Å². The fraction of sp³-hybridized carbons (Fsp3) is 0.300. The second-order valence-corrected chi connectivity index (χ2v) is 3.21. The predicted octanol–water partition coefficient (Wildman–Crippen LogP) is 1.48. The molecule has 1 aromatic carbocycles. The molecule has 0 bridgehead atoms. The molecule has 0 aliphatic carbocycles. The fourth-order valence-electron chi connectivity index (χ4n) is 1.26. The molecule has 6 heteroatoms. The number of hydrogen-bond acceptors (Lipinski definition) is 3. The monoisotopic (exact) mass is 230 g/mol. The molecule has 0 aliphatic heterocycles. The Kier molecular flexibility index (Phi) is 3.52. The minimum Gasteiger partial charge on any atom is -0.382 e. The van der Waals surface area contributed by atoms with Gasteiger partial charge in [-0.05, 0) is 11.6 Å². The third kappa shape index (κ3) is 2.51. The molecule has 1 rings (SSSR count). The summed E-state index contributed by atoms with van der Waals surface area (Å²) in [4.78, 5) is 0. The first-order valence-electron chi connectivity index (χ1n) is 4.37. The minimum atomic E-state index is -4.80. The molecule has 86 valence electrons. The molecule has 0 aromatic heterocycles. The molecule has 0 heterocycles. The molecule has 0 saturated heterocycles. The highest BCUT2D eigenvalue weighted by Gasteiger charge is 2.43. The molecule has 0 fully saturated rings. The number of aliphatic hydroxyl groups is 1. The molecule has 16 heavy (non-hydrogen) atoms. The van der Waals surface area contributed by atoms with Gasteiger partial charge in [0.1, 0.15) is 0 Å². The van der Waals surface area contributed by atoms with E-state index in [1.54, 1.807) is 6.07 Å². The summed E-state index contributed by atoms with van der Waals surface area (Å²) in [6.45, 7) is 0. The Morgan fingerprint density at radius 2 is 1.88 bits per heavy atom. The van der Waals surface area contributed by atoms with E-state index >= 15 is 0 Å². The molecule has 0 saturated carbocycles. The molecule has 3 N–H and O–H groups in total. The number of nitrogens with two attached hydrogens (primary N) is 1. The van der Waals surface area contributed by atoms with Crippen LogP contribution < -0.4 is 5.73 Å². The standard InChI is InChI=1S/C10H9F3N2O/c11-10(12,13)9(16)8(15)7-4-2-1-3-6(7)5-14/h1-4,8-9,16H,15H2/t8-,9-/m0/s1. The maximum Gasteiger partial charge on any atom is 0.416 e. The first-order chi connectivity index (χ1) is 7.38. The van der Waals surface area contributed by atoms with Crippen LogP contribution in [0.1, 0.15) is 17.2 Å². The summed E-state index contributed by atoms with van der Waals surface area (Å²) in [6, 6.07) is 5.67. The quantitative estimate of drug-likeness (QED) is 0.808. The van der Waals surface area contributed by atoms with E-state index in [1.165, 1.54) is 24.3 Å². The van der Waals surface area contributed by atoms with Crippen LogP contribution in [0, 0.1) is 11.3 Å². The number of alkyl halides is 3. The zero-order valence-electron chi connectivity index (χ0n) is 8.07. The lowest BCUT2D eigenvalue weighted by Crippen LogP contribution is -2.39. The smallest absolute Gasteiger partial charge is 0.382 e. The van der Waals surface area contributed by atoms with Gasteiger partial charge in [-0.15, -0.1) is 0 Å². The Hall–Kier alpha value is -1.58. The molecule has 2 atom stereocenters. The predicted molar refractivity (Wildman–Crippen MR) is 50.1 cm³/mol. The van der Waals surface area contributed by atoms with Gasteiger partial charge in [0.25, 0.3) is 0 Å².